The van der Waals surface area contributed by atoms with Gasteiger partial charge in [-0.3, -0.25) is 19.3 Å². The summed E-state index contributed by atoms with van der Waals surface area (Å²) in [6, 6.07) is 14.4. The number of para-hydroxylation sites is 1. The van der Waals surface area contributed by atoms with Gasteiger partial charge in [0.05, 0.1) is 22.7 Å². The van der Waals surface area contributed by atoms with Crippen LogP contribution in [0.3, 0.4) is 0 Å². The molecule has 2 aromatic carbocycles. The van der Waals surface area contributed by atoms with Crippen molar-refractivity contribution in [2.45, 2.75) is 25.4 Å². The van der Waals surface area contributed by atoms with Gasteiger partial charge in [0.2, 0.25) is 17.4 Å². The third kappa shape index (κ3) is 3.54. The second kappa shape index (κ2) is 8.90. The molecule has 180 valence electrons. The van der Waals surface area contributed by atoms with E-state index in [2.05, 4.69) is 0 Å². The molecule has 1 saturated heterocycles. The lowest BCUT2D eigenvalue weighted by molar-refractivity contribution is -0.156. The number of thiophene rings is 1. The molecule has 35 heavy (non-hydrogen) atoms. The number of hydrogen-bond donors (Lipinski definition) is 0. The van der Waals surface area contributed by atoms with Crippen LogP contribution < -0.4 is 4.90 Å². The normalized spacial score (nSPS) is 19.1. The van der Waals surface area contributed by atoms with Crippen LogP contribution in [0, 0.1) is 6.92 Å². The van der Waals surface area contributed by atoms with E-state index in [0.29, 0.717) is 16.1 Å². The SMILES string of the molecule is COCCN1C(=O)c2ccccc2N2C(=O)CCC12C(=O)OCC(=O)c1sc2ccccc2c1C. The second-order valence-corrected chi connectivity index (χ2v) is 9.62. The number of carbonyl (C=O) groups is 4. The van der Waals surface area contributed by atoms with Gasteiger partial charge in [-0.2, -0.15) is 0 Å². The molecule has 0 bridgehead atoms. The van der Waals surface area contributed by atoms with E-state index in [0.717, 1.165) is 15.6 Å². The van der Waals surface area contributed by atoms with Gasteiger partial charge in [0.1, 0.15) is 0 Å². The van der Waals surface area contributed by atoms with E-state index in [1.54, 1.807) is 24.3 Å². The smallest absolute Gasteiger partial charge is 0.354 e. The van der Waals surface area contributed by atoms with E-state index in [1.807, 2.05) is 31.2 Å². The van der Waals surface area contributed by atoms with Crippen molar-refractivity contribution in [2.75, 3.05) is 31.8 Å². The quantitative estimate of drug-likeness (QED) is 0.370. The number of fused-ring (bicyclic) bond motifs is 4. The lowest BCUT2D eigenvalue weighted by atomic mass is 9.96. The van der Waals surface area contributed by atoms with Gasteiger partial charge in [-0.25, -0.2) is 4.79 Å². The van der Waals surface area contributed by atoms with Crippen LogP contribution in [-0.2, 0) is 19.1 Å². The van der Waals surface area contributed by atoms with Crippen LogP contribution in [0.4, 0.5) is 5.69 Å². The van der Waals surface area contributed by atoms with E-state index in [4.69, 9.17) is 9.47 Å². The Balaban J connectivity index is 1.47. The first kappa shape index (κ1) is 23.2. The van der Waals surface area contributed by atoms with Crippen molar-refractivity contribution in [2.24, 2.45) is 0 Å². The number of amides is 2. The molecule has 5 rings (SSSR count). The van der Waals surface area contributed by atoms with Crippen molar-refractivity contribution < 1.29 is 28.7 Å². The third-order valence-corrected chi connectivity index (χ3v) is 7.96. The topological polar surface area (TPSA) is 93.2 Å². The van der Waals surface area contributed by atoms with Gasteiger partial charge in [0.15, 0.2) is 6.61 Å². The molecule has 0 spiro atoms. The zero-order valence-corrected chi connectivity index (χ0v) is 20.2. The molecule has 0 N–H and O–H groups in total. The van der Waals surface area contributed by atoms with Crippen LogP contribution in [0.5, 0.6) is 0 Å². The van der Waals surface area contributed by atoms with E-state index in [9.17, 15) is 19.2 Å². The van der Waals surface area contributed by atoms with Gasteiger partial charge < -0.3 is 14.4 Å². The largest absolute Gasteiger partial charge is 0.454 e. The lowest BCUT2D eigenvalue weighted by Crippen LogP contribution is -2.69. The molecule has 1 aromatic heterocycles. The highest BCUT2D eigenvalue weighted by Gasteiger charge is 2.61. The Hall–Kier alpha value is -3.56. The predicted molar refractivity (Wildman–Crippen MR) is 131 cm³/mol. The number of methoxy groups -OCH3 is 1. The summed E-state index contributed by atoms with van der Waals surface area (Å²) >= 11 is 1.35. The molecular formula is C26H24N2O6S. The summed E-state index contributed by atoms with van der Waals surface area (Å²) in [5.74, 6) is -1.78. The summed E-state index contributed by atoms with van der Waals surface area (Å²) in [6.07, 6.45) is 0.147. The number of anilines is 1. The minimum Gasteiger partial charge on any atom is -0.454 e. The standard InChI is InChI=1S/C26H24N2O6S/c1-16-17-7-4-6-10-21(17)35-23(16)20(29)15-34-25(32)26-12-11-22(30)28(26)19-9-5-3-8-18(19)24(31)27(26)13-14-33-2/h3-10H,11-15H2,1-2H3. The molecule has 0 aliphatic carbocycles. The zero-order valence-electron chi connectivity index (χ0n) is 19.4. The number of carbonyl (C=O) groups excluding carboxylic acids is 4. The highest BCUT2D eigenvalue weighted by atomic mass is 32.1. The Morgan fingerprint density at radius 3 is 2.60 bits per heavy atom. The number of aryl methyl sites for hydroxylation is 1. The number of hydrogen-bond acceptors (Lipinski definition) is 7. The number of esters is 1. The fraction of sp³-hybridized carbons (Fsp3) is 0.308. The first-order chi connectivity index (χ1) is 16.9. The molecule has 2 aliphatic heterocycles. The number of ketones is 1. The van der Waals surface area contributed by atoms with E-state index in [1.165, 1.54) is 28.2 Å². The maximum Gasteiger partial charge on any atom is 0.354 e. The molecule has 9 heteroatoms. The highest BCUT2D eigenvalue weighted by molar-refractivity contribution is 7.21. The van der Waals surface area contributed by atoms with E-state index in [-0.39, 0.29) is 43.6 Å². The Bertz CT molecular complexity index is 1360. The third-order valence-electron chi connectivity index (χ3n) is 6.65. The lowest BCUT2D eigenvalue weighted by Gasteiger charge is -2.48. The average molecular weight is 493 g/mol. The Kier molecular flexibility index (Phi) is 5.90. The van der Waals surface area contributed by atoms with Crippen LogP contribution in [0.2, 0.25) is 0 Å². The fourth-order valence-corrected chi connectivity index (χ4v) is 6.12. The van der Waals surface area contributed by atoms with Gasteiger partial charge in [0.25, 0.3) is 5.91 Å². The Labute approximate surface area is 206 Å². The first-order valence-electron chi connectivity index (χ1n) is 11.3. The number of nitrogens with zero attached hydrogens (tertiary/aromatic N) is 2. The monoisotopic (exact) mass is 492 g/mol. The number of Topliss-reactive ketones (excluding diaryl/α,β-unsaturated/α-hetero) is 1. The van der Waals surface area contributed by atoms with Gasteiger partial charge in [-0.15, -0.1) is 11.3 Å². The predicted octanol–water partition coefficient (Wildman–Crippen LogP) is 3.56. The molecule has 2 amide bonds. The summed E-state index contributed by atoms with van der Waals surface area (Å²) in [7, 11) is 1.50. The molecule has 1 atom stereocenters. The van der Waals surface area contributed by atoms with Crippen LogP contribution in [0.25, 0.3) is 10.1 Å². The van der Waals surface area contributed by atoms with Crippen molar-refractivity contribution in [3.63, 3.8) is 0 Å². The molecule has 3 aromatic rings. The van der Waals surface area contributed by atoms with Crippen molar-refractivity contribution >= 4 is 50.7 Å². The van der Waals surface area contributed by atoms with Crippen LogP contribution in [-0.4, -0.2) is 61.0 Å². The maximum absolute atomic E-state index is 13.7. The number of rotatable bonds is 7. The Morgan fingerprint density at radius 1 is 1.09 bits per heavy atom. The second-order valence-electron chi connectivity index (χ2n) is 8.56. The molecule has 1 fully saturated rings. The van der Waals surface area contributed by atoms with Crippen molar-refractivity contribution in [3.05, 3.63) is 64.5 Å². The van der Waals surface area contributed by atoms with E-state index < -0.39 is 18.2 Å². The summed E-state index contributed by atoms with van der Waals surface area (Å²) in [6.45, 7) is 1.65. The number of benzene rings is 2. The molecule has 2 aliphatic rings. The highest BCUT2D eigenvalue weighted by Crippen LogP contribution is 2.45. The van der Waals surface area contributed by atoms with Gasteiger partial charge in [-0.1, -0.05) is 30.3 Å². The molecule has 0 saturated carbocycles. The molecular weight excluding hydrogens is 468 g/mol. The average Bonchev–Trinajstić information content (AvgIpc) is 3.40. The van der Waals surface area contributed by atoms with Crippen molar-refractivity contribution in [1.29, 1.82) is 0 Å². The molecule has 8 nitrogen and oxygen atoms in total. The summed E-state index contributed by atoms with van der Waals surface area (Å²) < 4.78 is 11.7. The molecule has 0 radical (unpaired) electrons. The summed E-state index contributed by atoms with van der Waals surface area (Å²) in [5.41, 5.74) is -0.112. The number of ether oxygens (including phenoxy) is 2. The minimum atomic E-state index is -1.66. The summed E-state index contributed by atoms with van der Waals surface area (Å²) in [5, 5.41) is 0.985. The van der Waals surface area contributed by atoms with E-state index >= 15 is 0 Å². The van der Waals surface area contributed by atoms with Crippen molar-refractivity contribution in [1.82, 2.24) is 4.90 Å². The fourth-order valence-electron chi connectivity index (χ4n) is 4.99. The van der Waals surface area contributed by atoms with Gasteiger partial charge >= 0.3 is 5.97 Å². The minimum absolute atomic E-state index is 0.0730. The molecule has 3 heterocycles. The van der Waals surface area contributed by atoms with Crippen LogP contribution in [0.1, 0.15) is 38.4 Å². The van der Waals surface area contributed by atoms with Crippen LogP contribution >= 0.6 is 11.3 Å². The first-order valence-corrected chi connectivity index (χ1v) is 12.1. The van der Waals surface area contributed by atoms with Crippen LogP contribution in [0.15, 0.2) is 48.5 Å². The van der Waals surface area contributed by atoms with Gasteiger partial charge in [-0.05, 0) is 36.1 Å². The van der Waals surface area contributed by atoms with Gasteiger partial charge in [0, 0.05) is 31.2 Å². The molecule has 1 unspecified atom stereocenters. The zero-order chi connectivity index (χ0) is 24.7. The maximum atomic E-state index is 13.7. The van der Waals surface area contributed by atoms with Crippen molar-refractivity contribution in [3.8, 4) is 0 Å². The Morgan fingerprint density at radius 2 is 1.83 bits per heavy atom. The summed E-state index contributed by atoms with van der Waals surface area (Å²) in [4.78, 5) is 56.4.